The topological polar surface area (TPSA) is 70.3 Å². The second-order valence-electron chi connectivity index (χ2n) is 5.82. The molecule has 0 atom stereocenters. The number of hydrogen-bond acceptors (Lipinski definition) is 3. The number of aryl methyl sites for hydroxylation is 2. The Bertz CT molecular complexity index is 1090. The molecule has 5 nitrogen and oxygen atoms in total. The smallest absolute Gasteiger partial charge is 0.138 e. The highest BCUT2D eigenvalue weighted by Gasteiger charge is 2.14. The summed E-state index contributed by atoms with van der Waals surface area (Å²) in [5.41, 5.74) is 6.81. The highest BCUT2D eigenvalue weighted by atomic mass is 15.2. The van der Waals surface area contributed by atoms with Gasteiger partial charge >= 0.3 is 0 Å². The maximum atomic E-state index is 9.14. The molecule has 0 bridgehead atoms. The zero-order chi connectivity index (χ0) is 16.7. The van der Waals surface area contributed by atoms with E-state index in [0.717, 1.165) is 38.9 Å². The molecule has 116 valence electrons. The van der Waals surface area contributed by atoms with E-state index in [4.69, 9.17) is 5.26 Å². The fourth-order valence-corrected chi connectivity index (χ4v) is 3.09. The summed E-state index contributed by atoms with van der Waals surface area (Å²) in [4.78, 5) is 7.79. The number of nitrogens with one attached hydrogen (secondary N) is 1. The van der Waals surface area contributed by atoms with Crippen LogP contribution in [0.1, 0.15) is 11.1 Å². The number of benzene rings is 1. The Morgan fingerprint density at radius 3 is 2.79 bits per heavy atom. The van der Waals surface area contributed by atoms with Gasteiger partial charge in [-0.05, 0) is 30.2 Å². The second kappa shape index (κ2) is 5.36. The highest BCUT2D eigenvalue weighted by Crippen LogP contribution is 2.34. The summed E-state index contributed by atoms with van der Waals surface area (Å²) in [6.07, 6.45) is 7.66. The van der Waals surface area contributed by atoms with Crippen LogP contribution >= 0.6 is 0 Å². The predicted octanol–water partition coefficient (Wildman–Crippen LogP) is 3.81. The van der Waals surface area contributed by atoms with Gasteiger partial charge in [-0.15, -0.1) is 0 Å². The molecule has 0 amide bonds. The van der Waals surface area contributed by atoms with Gasteiger partial charge in [-0.3, -0.25) is 4.68 Å². The normalized spacial score (nSPS) is 10.9. The lowest BCUT2D eigenvalue weighted by atomic mass is 9.97. The van der Waals surface area contributed by atoms with Crippen LogP contribution < -0.4 is 0 Å². The van der Waals surface area contributed by atoms with Gasteiger partial charge < -0.3 is 4.98 Å². The molecule has 0 saturated heterocycles. The van der Waals surface area contributed by atoms with Crippen LogP contribution in [0, 0.1) is 18.3 Å². The summed E-state index contributed by atoms with van der Waals surface area (Å²) >= 11 is 0. The van der Waals surface area contributed by atoms with E-state index in [2.05, 4.69) is 28.1 Å². The van der Waals surface area contributed by atoms with Gasteiger partial charge in [0.1, 0.15) is 5.65 Å². The lowest BCUT2D eigenvalue weighted by Crippen LogP contribution is -1.88. The van der Waals surface area contributed by atoms with Crippen molar-refractivity contribution in [3.05, 3.63) is 60.2 Å². The van der Waals surface area contributed by atoms with Crippen LogP contribution in [-0.4, -0.2) is 19.7 Å². The largest absolute Gasteiger partial charge is 0.346 e. The number of fused-ring (bicyclic) bond motifs is 1. The van der Waals surface area contributed by atoms with Gasteiger partial charge in [0.15, 0.2) is 0 Å². The van der Waals surface area contributed by atoms with E-state index < -0.39 is 0 Å². The summed E-state index contributed by atoms with van der Waals surface area (Å²) in [6, 6.07) is 9.82. The maximum Gasteiger partial charge on any atom is 0.138 e. The van der Waals surface area contributed by atoms with Crippen LogP contribution in [0.3, 0.4) is 0 Å². The Morgan fingerprint density at radius 1 is 1.17 bits per heavy atom. The van der Waals surface area contributed by atoms with Crippen LogP contribution in [0.2, 0.25) is 0 Å². The average molecular weight is 313 g/mol. The molecule has 3 heterocycles. The molecule has 0 unspecified atom stereocenters. The summed E-state index contributed by atoms with van der Waals surface area (Å²) in [7, 11) is 1.90. The molecule has 4 rings (SSSR count). The first-order valence-corrected chi connectivity index (χ1v) is 7.63. The van der Waals surface area contributed by atoms with Crippen LogP contribution in [-0.2, 0) is 7.05 Å². The highest BCUT2D eigenvalue weighted by molar-refractivity contribution is 5.99. The number of nitriles is 1. The Morgan fingerprint density at radius 2 is 2.04 bits per heavy atom. The van der Waals surface area contributed by atoms with Crippen LogP contribution in [0.4, 0.5) is 0 Å². The van der Waals surface area contributed by atoms with Crippen molar-refractivity contribution in [3.63, 3.8) is 0 Å². The van der Waals surface area contributed by atoms with Crippen LogP contribution in [0.15, 0.2) is 49.1 Å². The molecule has 0 aliphatic rings. The molecule has 0 radical (unpaired) electrons. The zero-order valence-corrected chi connectivity index (χ0v) is 13.4. The van der Waals surface area contributed by atoms with E-state index in [1.165, 1.54) is 0 Å². The Labute approximate surface area is 139 Å². The van der Waals surface area contributed by atoms with Crippen molar-refractivity contribution >= 4 is 11.0 Å². The summed E-state index contributed by atoms with van der Waals surface area (Å²) in [5.74, 6) is 0. The molecule has 0 spiro atoms. The summed E-state index contributed by atoms with van der Waals surface area (Å²) in [6.45, 7) is 2.10. The monoisotopic (exact) mass is 313 g/mol. The molecule has 5 heteroatoms. The van der Waals surface area contributed by atoms with Gasteiger partial charge in [-0.2, -0.15) is 10.4 Å². The van der Waals surface area contributed by atoms with Gasteiger partial charge in [0.2, 0.25) is 0 Å². The minimum Gasteiger partial charge on any atom is -0.346 e. The lowest BCUT2D eigenvalue weighted by Gasteiger charge is -2.07. The van der Waals surface area contributed by atoms with Gasteiger partial charge in [-0.1, -0.05) is 12.1 Å². The first-order valence-electron chi connectivity index (χ1n) is 7.63. The first-order chi connectivity index (χ1) is 11.7. The number of hydrogen-bond donors (Lipinski definition) is 1. The summed E-state index contributed by atoms with van der Waals surface area (Å²) < 4.78 is 1.79. The van der Waals surface area contributed by atoms with E-state index in [9.17, 15) is 0 Å². The van der Waals surface area contributed by atoms with E-state index in [0.29, 0.717) is 5.56 Å². The molecular weight excluding hydrogens is 298 g/mol. The van der Waals surface area contributed by atoms with Gasteiger partial charge in [0.05, 0.1) is 17.8 Å². The van der Waals surface area contributed by atoms with E-state index in [1.54, 1.807) is 4.68 Å². The molecule has 3 aromatic heterocycles. The third-order valence-electron chi connectivity index (χ3n) is 4.28. The van der Waals surface area contributed by atoms with Crippen LogP contribution in [0.25, 0.3) is 33.3 Å². The van der Waals surface area contributed by atoms with E-state index >= 15 is 0 Å². The van der Waals surface area contributed by atoms with E-state index in [-0.39, 0.29) is 0 Å². The number of nitrogens with zero attached hydrogens (tertiary/aromatic N) is 4. The lowest BCUT2D eigenvalue weighted by molar-refractivity contribution is 0.768. The van der Waals surface area contributed by atoms with Gasteiger partial charge in [-0.25, -0.2) is 4.98 Å². The molecule has 24 heavy (non-hydrogen) atoms. The number of aromatic nitrogens is 4. The second-order valence-corrected chi connectivity index (χ2v) is 5.82. The van der Waals surface area contributed by atoms with Gasteiger partial charge in [0, 0.05) is 47.7 Å². The standard InChI is InChI=1S/C19H15N5/c1-12-16(15-8-23-24(2)11-15)9-21-19-18(12)17(10-22-19)14-5-3-4-13(6-14)7-20/h3-6,8-11H,1-2H3,(H,21,22). The molecule has 1 N–H and O–H groups in total. The van der Waals surface area contributed by atoms with Crippen molar-refractivity contribution in [2.24, 2.45) is 7.05 Å². The Balaban J connectivity index is 1.96. The molecule has 1 aromatic carbocycles. The Hall–Kier alpha value is -3.39. The van der Waals surface area contributed by atoms with Crippen molar-refractivity contribution < 1.29 is 0 Å². The van der Waals surface area contributed by atoms with Gasteiger partial charge in [0.25, 0.3) is 0 Å². The van der Waals surface area contributed by atoms with Crippen molar-refractivity contribution in [1.82, 2.24) is 19.7 Å². The minimum atomic E-state index is 0.649. The fourth-order valence-electron chi connectivity index (χ4n) is 3.09. The molecule has 0 aliphatic heterocycles. The number of aromatic amines is 1. The fraction of sp³-hybridized carbons (Fsp3) is 0.105. The minimum absolute atomic E-state index is 0.649. The zero-order valence-electron chi connectivity index (χ0n) is 13.4. The number of H-pyrrole nitrogens is 1. The number of pyridine rings is 1. The molecule has 4 aromatic rings. The first kappa shape index (κ1) is 14.2. The van der Waals surface area contributed by atoms with Crippen molar-refractivity contribution in [2.45, 2.75) is 6.92 Å². The summed E-state index contributed by atoms with van der Waals surface area (Å²) in [5, 5.41) is 14.5. The van der Waals surface area contributed by atoms with Crippen molar-refractivity contribution in [2.75, 3.05) is 0 Å². The molecule has 0 saturated carbocycles. The van der Waals surface area contributed by atoms with E-state index in [1.807, 2.05) is 56.1 Å². The van der Waals surface area contributed by atoms with Crippen molar-refractivity contribution in [3.8, 4) is 28.3 Å². The predicted molar refractivity (Wildman–Crippen MR) is 93.2 cm³/mol. The van der Waals surface area contributed by atoms with Crippen molar-refractivity contribution in [1.29, 1.82) is 5.26 Å². The van der Waals surface area contributed by atoms with Crippen LogP contribution in [0.5, 0.6) is 0 Å². The maximum absolute atomic E-state index is 9.14. The SMILES string of the molecule is Cc1c(-c2cnn(C)c2)cnc2[nH]cc(-c3cccc(C#N)c3)c12. The molecule has 0 fully saturated rings. The molecule has 0 aliphatic carbocycles. The molecular formula is C19H15N5. The quantitative estimate of drug-likeness (QED) is 0.611. The Kier molecular flexibility index (Phi) is 3.17. The third-order valence-corrected chi connectivity index (χ3v) is 4.28. The number of rotatable bonds is 2. The third kappa shape index (κ3) is 2.17. The average Bonchev–Trinajstić information content (AvgIpc) is 3.22.